The summed E-state index contributed by atoms with van der Waals surface area (Å²) in [6.45, 7) is 12.1. The van der Waals surface area contributed by atoms with Crippen molar-refractivity contribution >= 4 is 87.8 Å². The van der Waals surface area contributed by atoms with Gasteiger partial charge in [0.05, 0.1) is 41.3 Å². The molecule has 5 amide bonds. The molecule has 145 heavy (non-hydrogen) atoms. The van der Waals surface area contributed by atoms with Gasteiger partial charge in [0.2, 0.25) is 29.5 Å². The molecule has 1 aliphatic rings. The van der Waals surface area contributed by atoms with Gasteiger partial charge in [-0.3, -0.25) is 24.0 Å². The van der Waals surface area contributed by atoms with Crippen LogP contribution in [0.15, 0.2) is 267 Å². The molecule has 1 aliphatic carbocycles. The van der Waals surface area contributed by atoms with Gasteiger partial charge in [0.15, 0.2) is 0 Å². The summed E-state index contributed by atoms with van der Waals surface area (Å²) in [5.74, 6) is -2.41. The van der Waals surface area contributed by atoms with Crippen molar-refractivity contribution in [3.63, 3.8) is 0 Å². The SMILES string of the molecule is CCC(C)C(=O)Nc1ccccc1CCCCCc1ccccc1C(=O)O.CCC(CC)C(=O)Nc1ccccc1CCCCCc1ccccc1C(=O)O.CCCC(C)C(=O)Nc1ccccc1CCCCCc1ccccc1C(=O)O.COc1ccc(CC(=O)Nc2ccccc2CCCCCc2ccccc2C(=O)O)cc1.O=C(CCC1CCCC1)Nc1ccccc1CCCCCc1ccccc1C(=O)O. The van der Waals surface area contributed by atoms with Crippen LogP contribution in [0.3, 0.4) is 0 Å². The summed E-state index contributed by atoms with van der Waals surface area (Å²) < 4.78 is 5.16. The van der Waals surface area contributed by atoms with Crippen molar-refractivity contribution in [1.82, 2.24) is 0 Å². The van der Waals surface area contributed by atoms with Gasteiger partial charge in [0, 0.05) is 52.6 Å². The highest BCUT2D eigenvalue weighted by Crippen LogP contribution is 2.32. The minimum Gasteiger partial charge on any atom is -0.497 e. The number of carbonyl (C=O) groups excluding carboxylic acids is 5. The highest BCUT2D eigenvalue weighted by Gasteiger charge is 2.23. The van der Waals surface area contributed by atoms with E-state index in [2.05, 4.69) is 57.8 Å². The molecule has 10 N–H and O–H groups in total. The highest BCUT2D eigenvalue weighted by molar-refractivity contribution is 5.97. The number of aryl methyl sites for hydroxylation is 10. The van der Waals surface area contributed by atoms with Crippen LogP contribution in [-0.2, 0) is 94.6 Å². The molecule has 2 atom stereocenters. The normalized spacial score (nSPS) is 11.8. The van der Waals surface area contributed by atoms with Gasteiger partial charge in [0.1, 0.15) is 5.75 Å². The van der Waals surface area contributed by atoms with Crippen LogP contribution < -0.4 is 31.3 Å². The Morgan fingerprint density at radius 1 is 0.290 bits per heavy atom. The molecule has 11 aromatic rings. The van der Waals surface area contributed by atoms with Crippen molar-refractivity contribution in [3.8, 4) is 5.75 Å². The summed E-state index contributed by atoms with van der Waals surface area (Å²) in [5.41, 5.74) is 17.7. The molecule has 0 bridgehead atoms. The third kappa shape index (κ3) is 42.0. The first-order chi connectivity index (χ1) is 70.3. The summed E-state index contributed by atoms with van der Waals surface area (Å²) in [6.07, 6.45) is 34.7. The second-order valence-electron chi connectivity index (χ2n) is 37.7. The number of para-hydroxylation sites is 5. The molecule has 1 fully saturated rings. The lowest BCUT2D eigenvalue weighted by atomic mass is 9.99. The minimum absolute atomic E-state index is 0.00681. The zero-order valence-corrected chi connectivity index (χ0v) is 86.1. The Labute approximate surface area is 859 Å². The van der Waals surface area contributed by atoms with Gasteiger partial charge in [-0.15, -0.1) is 0 Å². The van der Waals surface area contributed by atoms with Crippen molar-refractivity contribution in [2.75, 3.05) is 33.7 Å². The van der Waals surface area contributed by atoms with E-state index in [0.29, 0.717) is 40.7 Å². The third-order valence-corrected chi connectivity index (χ3v) is 27.0. The molecule has 0 heterocycles. The number of amides is 5. The number of methoxy groups -OCH3 is 1. The van der Waals surface area contributed by atoms with Crippen molar-refractivity contribution in [1.29, 1.82) is 0 Å². The lowest BCUT2D eigenvalue weighted by Gasteiger charge is -2.15. The average Bonchev–Trinajstić information content (AvgIpc) is 1.88. The summed E-state index contributed by atoms with van der Waals surface area (Å²) in [5, 5.41) is 61.7. The second kappa shape index (κ2) is 66.0. The van der Waals surface area contributed by atoms with Crippen LogP contribution in [0.1, 0.15) is 321 Å². The second-order valence-corrected chi connectivity index (χ2v) is 37.7. The fourth-order valence-electron chi connectivity index (χ4n) is 18.2. The van der Waals surface area contributed by atoms with E-state index in [1.165, 1.54) is 31.2 Å². The standard InChI is InChI=1S/C27H29NO4.C26H33NO3.2C24H31NO3.C23H29NO3/c1-32-23-17-15-20(16-18-23)19-26(29)28-25-14-8-6-12-22(25)11-4-2-3-9-21-10-5-7-13-24(21)27(30)31;28-25(19-18-20-10-4-5-11-20)27-24-17-9-7-15-22(24)14-3-1-2-12-21-13-6-8-16-23(21)26(29)30;1-3-11-18(2)23(26)25-22-17-10-8-15-20(22)14-6-4-5-12-19-13-7-9-16-21(19)24(27)28;1-3-18(4-2)23(26)25-22-17-11-9-15-20(22)14-7-5-6-12-19-13-8-10-16-21(19)24(27)28;1-3-17(2)22(25)24-21-16-10-8-14-19(21)13-6-4-5-11-18-12-7-9-15-20(18)23(26)27/h5-8,10,12-18H,2-4,9,11,19H2,1H3,(H,28,29)(H,30,31);6-9,13,15-17,20H,1-5,10-12,14,18-19H2,(H,27,28)(H,29,30);7-10,13,15-18H,3-6,11-12,14H2,1-2H3,(H,25,26)(H,27,28);8-11,13,15-18H,3-7,12,14H2,1-2H3,(H,25,26)(H,27,28);7-10,12,14-17H,3-6,11,13H2,1-2H3,(H,24,25)(H,26,27). The maximum atomic E-state index is 12.5. The Hall–Kier alpha value is -14.1. The number of ether oxygens (including phenoxy) is 1. The van der Waals surface area contributed by atoms with Crippen molar-refractivity contribution in [2.24, 2.45) is 23.7 Å². The smallest absolute Gasteiger partial charge is 0.335 e. The Balaban J connectivity index is 0.000000222. The van der Waals surface area contributed by atoms with E-state index in [-0.39, 0.29) is 47.3 Å². The summed E-state index contributed by atoms with van der Waals surface area (Å²) in [7, 11) is 1.62. The Morgan fingerprint density at radius 2 is 0.538 bits per heavy atom. The first-order valence-corrected chi connectivity index (χ1v) is 52.4. The van der Waals surface area contributed by atoms with Gasteiger partial charge in [-0.25, -0.2) is 24.0 Å². The Kier molecular flexibility index (Phi) is 52.9. The zero-order chi connectivity index (χ0) is 104. The number of carboxylic acid groups (broad SMARTS) is 5. The maximum absolute atomic E-state index is 12.5. The summed E-state index contributed by atoms with van der Waals surface area (Å²) in [6, 6.07) is 83.4. The number of aromatic carboxylic acids is 5. The number of nitrogens with one attached hydrogen (secondary N) is 5. The quantitative estimate of drug-likeness (QED) is 0.0158. The van der Waals surface area contributed by atoms with E-state index < -0.39 is 29.8 Å². The summed E-state index contributed by atoms with van der Waals surface area (Å²) >= 11 is 0. The molecule has 11 aromatic carbocycles. The lowest BCUT2D eigenvalue weighted by molar-refractivity contribution is -0.120. The van der Waals surface area contributed by atoms with Gasteiger partial charge in [-0.05, 0) is 300 Å². The topological polar surface area (TPSA) is 341 Å². The predicted octanol–water partition coefficient (Wildman–Crippen LogP) is 28.5. The van der Waals surface area contributed by atoms with Gasteiger partial charge in [-0.1, -0.05) is 300 Å². The molecule has 2 unspecified atom stereocenters. The molecule has 0 aromatic heterocycles. The minimum atomic E-state index is -0.875. The van der Waals surface area contributed by atoms with Crippen molar-refractivity contribution < 1.29 is 78.2 Å². The van der Waals surface area contributed by atoms with E-state index >= 15 is 0 Å². The predicted molar refractivity (Wildman–Crippen MR) is 584 cm³/mol. The van der Waals surface area contributed by atoms with E-state index in [0.717, 1.165) is 295 Å². The molecule has 0 aliphatic heterocycles. The molecule has 21 nitrogen and oxygen atoms in total. The van der Waals surface area contributed by atoms with Crippen LogP contribution in [-0.4, -0.2) is 92.0 Å². The largest absolute Gasteiger partial charge is 0.497 e. The number of unbranched alkanes of at least 4 members (excludes halogenated alkanes) is 10. The molecular formula is C124H153N5O16. The van der Waals surface area contributed by atoms with Gasteiger partial charge >= 0.3 is 29.8 Å². The molecule has 1 saturated carbocycles. The zero-order valence-electron chi connectivity index (χ0n) is 86.1. The van der Waals surface area contributed by atoms with E-state index in [1.807, 2.05) is 217 Å². The van der Waals surface area contributed by atoms with Crippen LogP contribution in [0.25, 0.3) is 0 Å². The number of carboxylic acids is 5. The number of carbonyl (C=O) groups is 10. The number of benzene rings is 11. The molecule has 21 heteroatoms. The number of hydrogen-bond donors (Lipinski definition) is 10. The van der Waals surface area contributed by atoms with E-state index in [9.17, 15) is 73.5 Å². The summed E-state index contributed by atoms with van der Waals surface area (Å²) in [4.78, 5) is 118. The maximum Gasteiger partial charge on any atom is 0.335 e. The molecule has 0 radical (unpaired) electrons. The van der Waals surface area contributed by atoms with Crippen LogP contribution >= 0.6 is 0 Å². The first kappa shape index (κ1) is 116. The van der Waals surface area contributed by atoms with Crippen LogP contribution in [0.2, 0.25) is 0 Å². The van der Waals surface area contributed by atoms with Crippen LogP contribution in [0.4, 0.5) is 28.4 Å². The number of hydrogen-bond acceptors (Lipinski definition) is 11. The fourth-order valence-corrected chi connectivity index (χ4v) is 18.2. The molecule has 0 spiro atoms. The van der Waals surface area contributed by atoms with Gasteiger partial charge < -0.3 is 56.9 Å². The van der Waals surface area contributed by atoms with Gasteiger partial charge in [0.25, 0.3) is 0 Å². The monoisotopic (exact) mass is 1970 g/mol. The molecular weight excluding hydrogens is 1820 g/mol. The lowest BCUT2D eigenvalue weighted by Crippen LogP contribution is -2.22. The Morgan fingerprint density at radius 3 is 0.807 bits per heavy atom. The van der Waals surface area contributed by atoms with Crippen molar-refractivity contribution in [2.45, 2.75) is 279 Å². The fraction of sp³-hybridized carbons (Fsp3) is 0.387. The van der Waals surface area contributed by atoms with E-state index in [4.69, 9.17) is 4.74 Å². The van der Waals surface area contributed by atoms with Crippen LogP contribution in [0, 0.1) is 23.7 Å². The Bertz CT molecular complexity index is 5860. The molecule has 770 valence electrons. The van der Waals surface area contributed by atoms with Crippen LogP contribution in [0.5, 0.6) is 5.75 Å². The number of rotatable bonds is 54. The highest BCUT2D eigenvalue weighted by atomic mass is 16.5. The van der Waals surface area contributed by atoms with E-state index in [1.54, 1.807) is 67.8 Å². The van der Waals surface area contributed by atoms with Gasteiger partial charge in [-0.2, -0.15) is 0 Å². The average molecular weight is 1970 g/mol. The molecule has 12 rings (SSSR count). The first-order valence-electron chi connectivity index (χ1n) is 52.4. The number of anilines is 5. The third-order valence-electron chi connectivity index (χ3n) is 27.0. The molecule has 0 saturated heterocycles. The van der Waals surface area contributed by atoms with Crippen molar-refractivity contribution in [3.05, 3.63) is 356 Å².